The van der Waals surface area contributed by atoms with Gasteiger partial charge in [-0.1, -0.05) is 12.1 Å². The Morgan fingerprint density at radius 2 is 1.96 bits per heavy atom. The third-order valence-corrected chi connectivity index (χ3v) is 5.27. The molecule has 0 bridgehead atoms. The van der Waals surface area contributed by atoms with Crippen LogP contribution >= 0.6 is 22.6 Å². The Labute approximate surface area is 165 Å². The van der Waals surface area contributed by atoms with Crippen LogP contribution in [0.25, 0.3) is 0 Å². The van der Waals surface area contributed by atoms with Crippen LogP contribution in [0, 0.1) is 10.5 Å². The summed E-state index contributed by atoms with van der Waals surface area (Å²) in [5.41, 5.74) is 1.90. The van der Waals surface area contributed by atoms with E-state index < -0.39 is 11.9 Å². The average Bonchev–Trinajstić information content (AvgIpc) is 3.15. The first kappa shape index (κ1) is 18.8. The lowest BCUT2D eigenvalue weighted by Gasteiger charge is -2.11. The first-order chi connectivity index (χ1) is 12.5. The van der Waals surface area contributed by atoms with Crippen molar-refractivity contribution in [1.29, 1.82) is 0 Å². The zero-order valence-corrected chi connectivity index (χ0v) is 16.5. The Morgan fingerprint density at radius 3 is 2.69 bits per heavy atom. The Hall–Kier alpha value is -1.93. The molecule has 1 unspecified atom stereocenters. The lowest BCUT2D eigenvalue weighted by molar-refractivity contribution is 0.0161. The lowest BCUT2D eigenvalue weighted by Crippen LogP contribution is -2.18. The van der Waals surface area contributed by atoms with Gasteiger partial charge in [0.15, 0.2) is 0 Å². The van der Waals surface area contributed by atoms with Crippen LogP contribution in [-0.4, -0.2) is 31.3 Å². The van der Waals surface area contributed by atoms with E-state index in [1.807, 2.05) is 13.0 Å². The van der Waals surface area contributed by atoms with Crippen LogP contribution in [0.5, 0.6) is 5.75 Å². The van der Waals surface area contributed by atoms with Gasteiger partial charge in [-0.15, -0.1) is 0 Å². The van der Waals surface area contributed by atoms with E-state index in [1.165, 1.54) is 6.07 Å². The molecule has 0 N–H and O–H groups in total. The molecule has 1 aliphatic rings. The maximum atomic E-state index is 12.3. The Kier molecular flexibility index (Phi) is 6.26. The maximum Gasteiger partial charge on any atom is 0.343 e. The molecule has 26 heavy (non-hydrogen) atoms. The number of hydrogen-bond acceptors (Lipinski definition) is 5. The molecule has 0 aliphatic carbocycles. The van der Waals surface area contributed by atoms with Gasteiger partial charge in [0, 0.05) is 10.2 Å². The molecule has 2 aromatic rings. The van der Waals surface area contributed by atoms with Crippen molar-refractivity contribution >= 4 is 34.5 Å². The smallest absolute Gasteiger partial charge is 0.343 e. The van der Waals surface area contributed by atoms with E-state index in [2.05, 4.69) is 22.6 Å². The van der Waals surface area contributed by atoms with Gasteiger partial charge in [-0.25, -0.2) is 9.59 Å². The fourth-order valence-corrected chi connectivity index (χ4v) is 3.12. The Balaban J connectivity index is 1.63. The van der Waals surface area contributed by atoms with E-state index in [4.69, 9.17) is 14.2 Å². The molecular weight excluding hydrogens is 447 g/mol. The summed E-state index contributed by atoms with van der Waals surface area (Å²) in [6.07, 6.45) is 1.87. The fourth-order valence-electron chi connectivity index (χ4n) is 2.60. The number of esters is 2. The molecule has 5 nitrogen and oxygen atoms in total. The molecule has 3 rings (SSSR count). The average molecular weight is 466 g/mol. The summed E-state index contributed by atoms with van der Waals surface area (Å²) in [5.74, 6) is -0.617. The number of benzene rings is 2. The second-order valence-electron chi connectivity index (χ2n) is 6.11. The molecule has 1 aliphatic heterocycles. The second kappa shape index (κ2) is 8.64. The first-order valence-corrected chi connectivity index (χ1v) is 9.48. The van der Waals surface area contributed by atoms with Crippen molar-refractivity contribution in [2.45, 2.75) is 25.9 Å². The van der Waals surface area contributed by atoms with Gasteiger partial charge in [0.05, 0.1) is 17.2 Å². The normalized spacial score (nSPS) is 16.3. The number of carbonyl (C=O) groups is 2. The minimum Gasteiger partial charge on any atom is -0.459 e. The minimum atomic E-state index is -0.465. The molecule has 0 radical (unpaired) electrons. The first-order valence-electron chi connectivity index (χ1n) is 8.40. The van der Waals surface area contributed by atoms with Gasteiger partial charge in [-0.3, -0.25) is 0 Å². The third kappa shape index (κ3) is 4.82. The molecule has 6 heteroatoms. The maximum absolute atomic E-state index is 12.3. The predicted molar refractivity (Wildman–Crippen MR) is 105 cm³/mol. The number of hydrogen-bond donors (Lipinski definition) is 0. The highest BCUT2D eigenvalue weighted by Gasteiger charge is 2.18. The summed E-state index contributed by atoms with van der Waals surface area (Å²) in [4.78, 5) is 24.5. The number of carbonyl (C=O) groups excluding carboxylic acids is 2. The quantitative estimate of drug-likeness (QED) is 0.377. The molecule has 0 aromatic heterocycles. The zero-order valence-electron chi connectivity index (χ0n) is 14.4. The van der Waals surface area contributed by atoms with Crippen molar-refractivity contribution in [1.82, 2.24) is 0 Å². The van der Waals surface area contributed by atoms with Crippen molar-refractivity contribution in [3.05, 3.63) is 62.7 Å². The SMILES string of the molecule is Cc1ccc(C(=O)Oc2cccc(C(=O)OCC3CCCO3)c2)cc1I. The van der Waals surface area contributed by atoms with E-state index in [0.29, 0.717) is 23.5 Å². The van der Waals surface area contributed by atoms with Crippen molar-refractivity contribution in [2.75, 3.05) is 13.2 Å². The molecule has 136 valence electrons. The van der Waals surface area contributed by atoms with Crippen LogP contribution in [-0.2, 0) is 9.47 Å². The van der Waals surface area contributed by atoms with Gasteiger partial charge in [0.1, 0.15) is 12.4 Å². The summed E-state index contributed by atoms with van der Waals surface area (Å²) >= 11 is 2.17. The van der Waals surface area contributed by atoms with Crippen molar-refractivity contribution in [2.24, 2.45) is 0 Å². The fraction of sp³-hybridized carbons (Fsp3) is 0.300. The summed E-state index contributed by atoms with van der Waals surface area (Å²) < 4.78 is 17.1. The number of ether oxygens (including phenoxy) is 3. The van der Waals surface area contributed by atoms with Gasteiger partial charge in [-0.05, 0) is 78.3 Å². The van der Waals surface area contributed by atoms with Crippen molar-refractivity contribution in [3.8, 4) is 5.75 Å². The zero-order chi connectivity index (χ0) is 18.5. The van der Waals surface area contributed by atoms with Crippen LogP contribution in [0.2, 0.25) is 0 Å². The topological polar surface area (TPSA) is 61.8 Å². The van der Waals surface area contributed by atoms with E-state index >= 15 is 0 Å². The molecule has 0 spiro atoms. The standard InChI is InChI=1S/C20H19IO5/c1-13-7-8-15(11-18(13)21)20(23)26-16-5-2-4-14(10-16)19(22)25-12-17-6-3-9-24-17/h2,4-5,7-8,10-11,17H,3,6,9,12H2,1H3. The van der Waals surface area contributed by atoms with Gasteiger partial charge in [0.25, 0.3) is 0 Å². The second-order valence-corrected chi connectivity index (χ2v) is 7.28. The van der Waals surface area contributed by atoms with Crippen molar-refractivity contribution < 1.29 is 23.8 Å². The van der Waals surface area contributed by atoms with Crippen LogP contribution in [0.1, 0.15) is 39.1 Å². The summed E-state index contributed by atoms with van der Waals surface area (Å²) in [6.45, 7) is 2.93. The van der Waals surface area contributed by atoms with Gasteiger partial charge in [0.2, 0.25) is 0 Å². The van der Waals surface area contributed by atoms with Crippen LogP contribution in [0.4, 0.5) is 0 Å². The monoisotopic (exact) mass is 466 g/mol. The molecule has 0 saturated carbocycles. The molecular formula is C20H19IO5. The minimum absolute atomic E-state index is 0.0241. The predicted octanol–water partition coefficient (Wildman–Crippen LogP) is 4.15. The van der Waals surface area contributed by atoms with E-state index in [1.54, 1.807) is 30.3 Å². The highest BCUT2D eigenvalue weighted by atomic mass is 127. The number of halogens is 1. The van der Waals surface area contributed by atoms with E-state index in [0.717, 1.165) is 22.0 Å². The van der Waals surface area contributed by atoms with Gasteiger partial charge in [-0.2, -0.15) is 0 Å². The largest absolute Gasteiger partial charge is 0.459 e. The lowest BCUT2D eigenvalue weighted by atomic mass is 10.1. The molecule has 2 aromatic carbocycles. The van der Waals surface area contributed by atoms with Crippen LogP contribution in [0.3, 0.4) is 0 Å². The summed E-state index contributed by atoms with van der Waals surface area (Å²) in [7, 11) is 0. The molecule has 1 saturated heterocycles. The van der Waals surface area contributed by atoms with E-state index in [9.17, 15) is 9.59 Å². The third-order valence-electron chi connectivity index (χ3n) is 4.11. The van der Waals surface area contributed by atoms with E-state index in [-0.39, 0.29) is 12.7 Å². The highest BCUT2D eigenvalue weighted by molar-refractivity contribution is 14.1. The van der Waals surface area contributed by atoms with Gasteiger partial charge >= 0.3 is 11.9 Å². The number of aryl methyl sites for hydroxylation is 1. The van der Waals surface area contributed by atoms with Crippen LogP contribution < -0.4 is 4.74 Å². The molecule has 0 amide bonds. The van der Waals surface area contributed by atoms with Crippen molar-refractivity contribution in [3.63, 3.8) is 0 Å². The number of rotatable bonds is 5. The summed E-state index contributed by atoms with van der Waals surface area (Å²) in [5, 5.41) is 0. The summed E-state index contributed by atoms with van der Waals surface area (Å²) in [6, 6.07) is 11.8. The molecule has 1 atom stereocenters. The highest BCUT2D eigenvalue weighted by Crippen LogP contribution is 2.19. The molecule has 1 fully saturated rings. The molecule has 1 heterocycles. The Morgan fingerprint density at radius 1 is 1.15 bits per heavy atom. The Bertz CT molecular complexity index is 812. The van der Waals surface area contributed by atoms with Crippen LogP contribution in [0.15, 0.2) is 42.5 Å². The van der Waals surface area contributed by atoms with Gasteiger partial charge < -0.3 is 14.2 Å².